The van der Waals surface area contributed by atoms with Crippen LogP contribution in [0.25, 0.3) is 0 Å². The minimum atomic E-state index is -0.998. The number of benzene rings is 2. The topological polar surface area (TPSA) is 72.5 Å². The van der Waals surface area contributed by atoms with Crippen LogP contribution < -0.4 is 10.5 Å². The van der Waals surface area contributed by atoms with Crippen molar-refractivity contribution in [1.82, 2.24) is 0 Å². The molecule has 0 saturated heterocycles. The Bertz CT molecular complexity index is 623. The number of methoxy groups -OCH3 is 1. The van der Waals surface area contributed by atoms with Crippen LogP contribution in [0.4, 0.5) is 5.69 Å². The lowest BCUT2D eigenvalue weighted by atomic mass is 10.0. The van der Waals surface area contributed by atoms with Crippen molar-refractivity contribution in [2.24, 2.45) is 0 Å². The van der Waals surface area contributed by atoms with Gasteiger partial charge in [-0.1, -0.05) is 18.2 Å². The van der Waals surface area contributed by atoms with E-state index in [0.29, 0.717) is 5.69 Å². The molecule has 104 valence electrons. The fraction of sp³-hybridized carbons (Fsp3) is 0.188. The second kappa shape index (κ2) is 6.10. The molecule has 2 aromatic carbocycles. The maximum atomic E-state index is 10.9. The van der Waals surface area contributed by atoms with Crippen molar-refractivity contribution in [1.29, 1.82) is 0 Å². The first-order valence-electron chi connectivity index (χ1n) is 6.35. The predicted molar refractivity (Wildman–Crippen MR) is 78.2 cm³/mol. The number of carboxylic acids is 1. The van der Waals surface area contributed by atoms with Gasteiger partial charge in [0.05, 0.1) is 12.7 Å². The zero-order valence-corrected chi connectivity index (χ0v) is 11.3. The molecule has 0 aliphatic carbocycles. The number of rotatable bonds is 5. The average Bonchev–Trinajstić information content (AvgIpc) is 2.45. The molecular weight excluding hydrogens is 254 g/mol. The van der Waals surface area contributed by atoms with E-state index in [2.05, 4.69) is 0 Å². The molecule has 0 fully saturated rings. The van der Waals surface area contributed by atoms with Crippen LogP contribution >= 0.6 is 0 Å². The number of hydrogen-bond donors (Lipinski definition) is 2. The van der Waals surface area contributed by atoms with Crippen molar-refractivity contribution in [3.05, 3.63) is 59.2 Å². The smallest absolute Gasteiger partial charge is 0.337 e. The molecule has 0 amide bonds. The van der Waals surface area contributed by atoms with Crippen LogP contribution in [0.2, 0.25) is 0 Å². The second-order valence-electron chi connectivity index (χ2n) is 4.58. The minimum absolute atomic E-state index is 0.148. The Hall–Kier alpha value is -2.49. The summed E-state index contributed by atoms with van der Waals surface area (Å²) in [6.07, 6.45) is 1.65. The first-order valence-corrected chi connectivity index (χ1v) is 6.35. The normalized spacial score (nSPS) is 10.2. The highest BCUT2D eigenvalue weighted by molar-refractivity contribution is 5.93. The average molecular weight is 271 g/mol. The van der Waals surface area contributed by atoms with Gasteiger partial charge in [0.25, 0.3) is 0 Å². The van der Waals surface area contributed by atoms with Crippen molar-refractivity contribution < 1.29 is 14.6 Å². The number of aromatic carboxylic acids is 1. The fourth-order valence-electron chi connectivity index (χ4n) is 2.08. The molecule has 20 heavy (non-hydrogen) atoms. The lowest BCUT2D eigenvalue weighted by molar-refractivity contribution is 0.0698. The summed E-state index contributed by atoms with van der Waals surface area (Å²) in [6.45, 7) is 0. The summed E-state index contributed by atoms with van der Waals surface area (Å²) in [5, 5.41) is 8.93. The summed E-state index contributed by atoms with van der Waals surface area (Å²) in [7, 11) is 1.64. The Morgan fingerprint density at radius 3 is 2.45 bits per heavy atom. The van der Waals surface area contributed by atoms with Gasteiger partial charge in [-0.15, -0.1) is 0 Å². The molecule has 0 bridgehead atoms. The first-order chi connectivity index (χ1) is 9.60. The van der Waals surface area contributed by atoms with E-state index in [-0.39, 0.29) is 5.56 Å². The van der Waals surface area contributed by atoms with E-state index < -0.39 is 5.97 Å². The highest BCUT2D eigenvalue weighted by atomic mass is 16.5. The molecule has 0 aromatic heterocycles. The standard InChI is InChI=1S/C16H17NO3/c1-20-13-4-2-3-11(9-13)5-6-12-7-8-14(16(18)19)15(17)10-12/h2-4,7-10H,5-6,17H2,1H3,(H,18,19). The van der Waals surface area contributed by atoms with Gasteiger partial charge in [-0.25, -0.2) is 4.79 Å². The lowest BCUT2D eigenvalue weighted by Gasteiger charge is -2.07. The number of ether oxygens (including phenoxy) is 1. The third-order valence-electron chi connectivity index (χ3n) is 3.18. The second-order valence-corrected chi connectivity index (χ2v) is 4.58. The quantitative estimate of drug-likeness (QED) is 0.820. The van der Waals surface area contributed by atoms with Crippen molar-refractivity contribution >= 4 is 11.7 Å². The van der Waals surface area contributed by atoms with Crippen LogP contribution in [0.5, 0.6) is 5.75 Å². The molecule has 0 aliphatic heterocycles. The van der Waals surface area contributed by atoms with Gasteiger partial charge in [-0.05, 0) is 48.2 Å². The SMILES string of the molecule is COc1cccc(CCc2ccc(C(=O)O)c(N)c2)c1. The number of carbonyl (C=O) groups is 1. The van der Waals surface area contributed by atoms with Crippen LogP contribution in [0.3, 0.4) is 0 Å². The van der Waals surface area contributed by atoms with Gasteiger partial charge in [-0.3, -0.25) is 0 Å². The van der Waals surface area contributed by atoms with Crippen LogP contribution in [-0.2, 0) is 12.8 Å². The van der Waals surface area contributed by atoms with E-state index >= 15 is 0 Å². The molecule has 4 heteroatoms. The Morgan fingerprint density at radius 2 is 1.85 bits per heavy atom. The molecule has 4 nitrogen and oxygen atoms in total. The molecule has 2 rings (SSSR count). The van der Waals surface area contributed by atoms with Crippen molar-refractivity contribution in [2.75, 3.05) is 12.8 Å². The highest BCUT2D eigenvalue weighted by Gasteiger charge is 2.08. The van der Waals surface area contributed by atoms with E-state index in [1.807, 2.05) is 24.3 Å². The monoisotopic (exact) mass is 271 g/mol. The predicted octanol–water partition coefficient (Wildman–Crippen LogP) is 2.76. The van der Waals surface area contributed by atoms with E-state index in [9.17, 15) is 4.79 Å². The van der Waals surface area contributed by atoms with Crippen LogP contribution in [0.15, 0.2) is 42.5 Å². The summed E-state index contributed by atoms with van der Waals surface area (Å²) in [6, 6.07) is 13.0. The molecule has 0 heterocycles. The molecule has 0 unspecified atom stereocenters. The van der Waals surface area contributed by atoms with Crippen LogP contribution in [0, 0.1) is 0 Å². The third-order valence-corrected chi connectivity index (χ3v) is 3.18. The molecule has 2 aromatic rings. The van der Waals surface area contributed by atoms with E-state index in [4.69, 9.17) is 15.6 Å². The maximum Gasteiger partial charge on any atom is 0.337 e. The van der Waals surface area contributed by atoms with E-state index in [1.165, 1.54) is 5.56 Å². The van der Waals surface area contributed by atoms with Crippen molar-refractivity contribution in [3.8, 4) is 5.75 Å². The molecule has 0 spiro atoms. The van der Waals surface area contributed by atoms with E-state index in [0.717, 1.165) is 24.2 Å². The van der Waals surface area contributed by atoms with Gasteiger partial charge < -0.3 is 15.6 Å². The van der Waals surface area contributed by atoms with Crippen molar-refractivity contribution in [3.63, 3.8) is 0 Å². The van der Waals surface area contributed by atoms with Gasteiger partial charge in [0.1, 0.15) is 5.75 Å². The van der Waals surface area contributed by atoms with Crippen LogP contribution in [-0.4, -0.2) is 18.2 Å². The number of nitrogen functional groups attached to an aromatic ring is 1. The van der Waals surface area contributed by atoms with Gasteiger partial charge in [-0.2, -0.15) is 0 Å². The van der Waals surface area contributed by atoms with Gasteiger partial charge in [0.15, 0.2) is 0 Å². The lowest BCUT2D eigenvalue weighted by Crippen LogP contribution is -2.03. The Labute approximate surface area is 117 Å². The summed E-state index contributed by atoms with van der Waals surface area (Å²) in [4.78, 5) is 10.9. The number of aryl methyl sites for hydroxylation is 2. The van der Waals surface area contributed by atoms with Crippen LogP contribution in [0.1, 0.15) is 21.5 Å². The number of anilines is 1. The Kier molecular flexibility index (Phi) is 4.25. The minimum Gasteiger partial charge on any atom is -0.497 e. The van der Waals surface area contributed by atoms with Crippen molar-refractivity contribution in [2.45, 2.75) is 12.8 Å². The Balaban J connectivity index is 2.07. The zero-order valence-electron chi connectivity index (χ0n) is 11.3. The largest absolute Gasteiger partial charge is 0.497 e. The highest BCUT2D eigenvalue weighted by Crippen LogP contribution is 2.18. The number of nitrogens with two attached hydrogens (primary N) is 1. The molecule has 0 saturated carbocycles. The number of carboxylic acid groups (broad SMARTS) is 1. The number of hydrogen-bond acceptors (Lipinski definition) is 3. The fourth-order valence-corrected chi connectivity index (χ4v) is 2.08. The van der Waals surface area contributed by atoms with E-state index in [1.54, 1.807) is 25.3 Å². The summed E-state index contributed by atoms with van der Waals surface area (Å²) in [5.41, 5.74) is 8.39. The molecule has 0 radical (unpaired) electrons. The molecule has 3 N–H and O–H groups in total. The molecular formula is C16H17NO3. The molecule has 0 atom stereocenters. The maximum absolute atomic E-state index is 10.9. The Morgan fingerprint density at radius 1 is 1.15 bits per heavy atom. The van der Waals surface area contributed by atoms with Gasteiger partial charge >= 0.3 is 5.97 Å². The molecule has 0 aliphatic rings. The third kappa shape index (κ3) is 3.29. The zero-order chi connectivity index (χ0) is 14.5. The summed E-state index contributed by atoms with van der Waals surface area (Å²) >= 11 is 0. The van der Waals surface area contributed by atoms with Gasteiger partial charge in [0, 0.05) is 5.69 Å². The summed E-state index contributed by atoms with van der Waals surface area (Å²) < 4.78 is 5.18. The van der Waals surface area contributed by atoms with Gasteiger partial charge in [0.2, 0.25) is 0 Å². The first kappa shape index (κ1) is 13.9. The summed E-state index contributed by atoms with van der Waals surface area (Å²) in [5.74, 6) is -0.162.